The number of rotatable bonds is 3. The maximum Gasteiger partial charge on any atom is 0.306 e. The molecule has 0 amide bonds. The normalized spacial score (nSPS) is 49.9. The third kappa shape index (κ3) is 3.26. The Morgan fingerprint density at radius 1 is 1.06 bits per heavy atom. The molecule has 198 valence electrons. The lowest BCUT2D eigenvalue weighted by atomic mass is 9.35. The molecule has 5 aliphatic rings. The van der Waals surface area contributed by atoms with E-state index < -0.39 is 64.2 Å². The summed E-state index contributed by atoms with van der Waals surface area (Å²) >= 11 is 0. The number of carbonyl (C=O) groups is 5. The number of ether oxygens (including phenoxy) is 3. The van der Waals surface area contributed by atoms with Crippen LogP contribution in [0, 0.1) is 45.8 Å². The minimum absolute atomic E-state index is 0.00574. The number of cyclic esters (lactones) is 1. The van der Waals surface area contributed by atoms with E-state index >= 15 is 0 Å². The quantitative estimate of drug-likeness (QED) is 0.452. The van der Waals surface area contributed by atoms with E-state index in [-0.39, 0.29) is 55.2 Å². The number of esters is 3. The first-order valence-corrected chi connectivity index (χ1v) is 13.0. The first kappa shape index (κ1) is 25.4. The second-order valence-electron chi connectivity index (χ2n) is 12.5. The summed E-state index contributed by atoms with van der Waals surface area (Å²) in [5.74, 6) is -3.67. The third-order valence-corrected chi connectivity index (χ3v) is 10.6. The Morgan fingerprint density at radius 2 is 1.75 bits per heavy atom. The van der Waals surface area contributed by atoms with Gasteiger partial charge in [0.25, 0.3) is 0 Å². The van der Waals surface area contributed by atoms with Crippen LogP contribution < -0.4 is 0 Å². The van der Waals surface area contributed by atoms with Crippen LogP contribution in [0.3, 0.4) is 0 Å². The molecule has 9 nitrogen and oxygen atoms in total. The lowest BCUT2D eigenvalue weighted by Crippen LogP contribution is -2.74. The van der Waals surface area contributed by atoms with Crippen molar-refractivity contribution in [2.24, 2.45) is 45.8 Å². The van der Waals surface area contributed by atoms with E-state index in [1.807, 2.05) is 20.8 Å². The summed E-state index contributed by atoms with van der Waals surface area (Å²) in [4.78, 5) is 64.9. The van der Waals surface area contributed by atoms with E-state index in [9.17, 15) is 29.1 Å². The zero-order chi connectivity index (χ0) is 26.4. The van der Waals surface area contributed by atoms with Crippen molar-refractivity contribution < 1.29 is 43.3 Å². The van der Waals surface area contributed by atoms with E-state index in [0.29, 0.717) is 12.8 Å². The molecule has 0 radical (unpaired) electrons. The van der Waals surface area contributed by atoms with Crippen LogP contribution in [-0.2, 0) is 38.2 Å². The summed E-state index contributed by atoms with van der Waals surface area (Å²) in [5.41, 5.74) is -2.99. The molecule has 36 heavy (non-hydrogen) atoms. The van der Waals surface area contributed by atoms with Crippen LogP contribution in [0.1, 0.15) is 66.7 Å². The van der Waals surface area contributed by atoms with Gasteiger partial charge in [0.15, 0.2) is 5.78 Å². The maximum absolute atomic E-state index is 14.0. The van der Waals surface area contributed by atoms with Crippen molar-refractivity contribution in [3.8, 4) is 0 Å². The molecule has 11 atom stereocenters. The Bertz CT molecular complexity index is 1040. The van der Waals surface area contributed by atoms with Crippen LogP contribution in [-0.4, -0.2) is 59.5 Å². The fourth-order valence-electron chi connectivity index (χ4n) is 9.28. The first-order valence-electron chi connectivity index (χ1n) is 13.0. The minimum Gasteiger partial charge on any atom is -0.465 e. The van der Waals surface area contributed by atoms with Gasteiger partial charge in [-0.25, -0.2) is 0 Å². The first-order chi connectivity index (χ1) is 16.7. The summed E-state index contributed by atoms with van der Waals surface area (Å²) < 4.78 is 17.0. The van der Waals surface area contributed by atoms with Crippen LogP contribution in [0.2, 0.25) is 0 Å². The third-order valence-electron chi connectivity index (χ3n) is 10.6. The zero-order valence-electron chi connectivity index (χ0n) is 21.6. The van der Waals surface area contributed by atoms with Crippen LogP contribution in [0.15, 0.2) is 0 Å². The highest BCUT2D eigenvalue weighted by atomic mass is 16.6. The SMILES string of the molecule is CC(=O)O[C@@H]1C[C@@](C)(C(=O)[C@@H]2COC(=O)C2)[C@@H]2CC(=O)O[C@@H]3C[C@H]4[C@H](C)C[C@H](O)C(=O)[C@]4(C)[C@@H]1[C@]23C. The molecule has 2 aliphatic heterocycles. The highest BCUT2D eigenvalue weighted by molar-refractivity contribution is 5.93. The largest absolute Gasteiger partial charge is 0.465 e. The molecule has 0 bridgehead atoms. The number of aliphatic hydroxyl groups is 1. The summed E-state index contributed by atoms with van der Waals surface area (Å²) in [7, 11) is 0. The Balaban J connectivity index is 1.68. The van der Waals surface area contributed by atoms with Gasteiger partial charge < -0.3 is 19.3 Å². The summed E-state index contributed by atoms with van der Waals surface area (Å²) in [6.45, 7) is 8.91. The number of hydrogen-bond donors (Lipinski definition) is 1. The van der Waals surface area contributed by atoms with Gasteiger partial charge in [-0.15, -0.1) is 0 Å². The molecule has 5 fully saturated rings. The Labute approximate surface area is 210 Å². The second-order valence-corrected chi connectivity index (χ2v) is 12.5. The Kier molecular flexibility index (Phi) is 5.71. The lowest BCUT2D eigenvalue weighted by Gasteiger charge is -2.70. The van der Waals surface area contributed by atoms with Crippen LogP contribution >= 0.6 is 0 Å². The van der Waals surface area contributed by atoms with Crippen molar-refractivity contribution in [3.05, 3.63) is 0 Å². The standard InChI is InChI=1S/C27H36O9/c1-12-6-16(29)24(33)26(4)15(12)8-19-27(5)18(9-21(31)36-19)25(3,10-17(22(26)27)35-13(2)28)23(32)14-7-20(30)34-11-14/h12,14-19,22,29H,6-11H2,1-5H3/t12-,14+,15+,16+,17-,18+,19-,22-,25-,26+,27-/m1/s1. The van der Waals surface area contributed by atoms with Gasteiger partial charge in [0.1, 0.15) is 30.7 Å². The van der Waals surface area contributed by atoms with Crippen LogP contribution in [0.4, 0.5) is 0 Å². The van der Waals surface area contributed by atoms with Crippen LogP contribution in [0.25, 0.3) is 0 Å². The molecular formula is C27H36O9. The van der Waals surface area contributed by atoms with Gasteiger partial charge in [0.05, 0.1) is 12.3 Å². The molecule has 0 aromatic heterocycles. The lowest BCUT2D eigenvalue weighted by molar-refractivity contribution is -0.277. The van der Waals surface area contributed by atoms with Gasteiger partial charge in [-0.3, -0.25) is 24.0 Å². The number of carbonyl (C=O) groups excluding carboxylic acids is 5. The topological polar surface area (TPSA) is 133 Å². The van der Waals surface area contributed by atoms with Crippen LogP contribution in [0.5, 0.6) is 0 Å². The molecule has 9 heteroatoms. The van der Waals surface area contributed by atoms with Gasteiger partial charge in [0, 0.05) is 35.5 Å². The highest BCUT2D eigenvalue weighted by Crippen LogP contribution is 2.71. The summed E-state index contributed by atoms with van der Waals surface area (Å²) in [5, 5.41) is 10.8. The maximum atomic E-state index is 14.0. The van der Waals surface area contributed by atoms with Crippen molar-refractivity contribution >= 4 is 29.5 Å². The highest BCUT2D eigenvalue weighted by Gasteiger charge is 2.75. The summed E-state index contributed by atoms with van der Waals surface area (Å²) in [6, 6.07) is 0. The number of aliphatic hydroxyl groups excluding tert-OH is 1. The minimum atomic E-state index is -1.12. The average molecular weight is 505 g/mol. The van der Waals surface area contributed by atoms with Gasteiger partial charge in [-0.05, 0) is 37.0 Å². The second kappa shape index (κ2) is 8.10. The summed E-state index contributed by atoms with van der Waals surface area (Å²) in [6.07, 6.45) is -1.62. The molecule has 0 aromatic rings. The fourth-order valence-corrected chi connectivity index (χ4v) is 9.28. The van der Waals surface area contributed by atoms with E-state index in [2.05, 4.69) is 0 Å². The molecule has 5 rings (SSSR count). The van der Waals surface area contributed by atoms with E-state index in [0.717, 1.165) is 0 Å². The molecule has 2 saturated heterocycles. The number of fused-ring (bicyclic) bond motifs is 2. The molecule has 3 saturated carbocycles. The molecule has 1 N–H and O–H groups in total. The van der Waals surface area contributed by atoms with Gasteiger partial charge in [-0.1, -0.05) is 27.7 Å². The Morgan fingerprint density at radius 3 is 2.36 bits per heavy atom. The monoisotopic (exact) mass is 504 g/mol. The molecule has 0 unspecified atom stereocenters. The average Bonchev–Trinajstić information content (AvgIpc) is 3.21. The molecule has 3 aliphatic carbocycles. The number of Topliss-reactive ketones (excluding diaryl/α,β-unsaturated/α-hetero) is 2. The van der Waals surface area contributed by atoms with Crippen molar-refractivity contribution in [1.82, 2.24) is 0 Å². The van der Waals surface area contributed by atoms with E-state index in [1.54, 1.807) is 6.92 Å². The Hall–Kier alpha value is -2.29. The molecule has 0 spiro atoms. The predicted molar refractivity (Wildman–Crippen MR) is 123 cm³/mol. The van der Waals surface area contributed by atoms with Gasteiger partial charge >= 0.3 is 17.9 Å². The zero-order valence-corrected chi connectivity index (χ0v) is 21.6. The van der Waals surface area contributed by atoms with Crippen molar-refractivity contribution in [2.45, 2.75) is 85.0 Å². The molecule has 0 aromatic carbocycles. The van der Waals surface area contributed by atoms with Crippen molar-refractivity contribution in [2.75, 3.05) is 6.61 Å². The fraction of sp³-hybridized carbons (Fsp3) is 0.815. The number of hydrogen-bond acceptors (Lipinski definition) is 9. The predicted octanol–water partition coefficient (Wildman–Crippen LogP) is 2.01. The molecule has 2 heterocycles. The van der Waals surface area contributed by atoms with Crippen molar-refractivity contribution in [3.63, 3.8) is 0 Å². The van der Waals surface area contributed by atoms with Gasteiger partial charge in [0.2, 0.25) is 0 Å². The smallest absolute Gasteiger partial charge is 0.306 e. The number of ketones is 2. The molecular weight excluding hydrogens is 468 g/mol. The van der Waals surface area contributed by atoms with E-state index in [1.165, 1.54) is 6.92 Å². The van der Waals surface area contributed by atoms with E-state index in [4.69, 9.17) is 14.2 Å². The van der Waals surface area contributed by atoms with Crippen molar-refractivity contribution in [1.29, 1.82) is 0 Å². The van der Waals surface area contributed by atoms with Gasteiger partial charge in [-0.2, -0.15) is 0 Å².